The van der Waals surface area contributed by atoms with Crippen LogP contribution in [0.1, 0.15) is 57.6 Å². The standard InChI is InChI=1S/C22H29N3O3/c1-21(2,3)24-14-17(13-23-24)22(27)11-18-9-10-19(12-22)25(18)20(26)28-15-16-7-5-4-6-8-16/h4-8,13-14,18-19,27H,9-12,15H2,1-3H3. The Balaban J connectivity index is 1.45. The molecule has 6 nitrogen and oxygen atoms in total. The van der Waals surface area contributed by atoms with Gasteiger partial charge in [0.2, 0.25) is 0 Å². The molecule has 4 rings (SSSR count). The molecule has 2 fully saturated rings. The van der Waals surface area contributed by atoms with Crippen molar-refractivity contribution in [1.82, 2.24) is 14.7 Å². The largest absolute Gasteiger partial charge is 0.445 e. The summed E-state index contributed by atoms with van der Waals surface area (Å²) < 4.78 is 7.45. The molecule has 1 amide bonds. The Bertz CT molecular complexity index is 826. The van der Waals surface area contributed by atoms with E-state index in [1.54, 1.807) is 6.20 Å². The average molecular weight is 383 g/mol. The van der Waals surface area contributed by atoms with Crippen LogP contribution in [0, 0.1) is 0 Å². The molecular formula is C22H29N3O3. The summed E-state index contributed by atoms with van der Waals surface area (Å²) in [4.78, 5) is 14.6. The third kappa shape index (κ3) is 3.53. The highest BCUT2D eigenvalue weighted by Gasteiger charge is 2.51. The number of piperidine rings is 1. The molecule has 6 heteroatoms. The van der Waals surface area contributed by atoms with Gasteiger partial charge in [0.05, 0.1) is 17.3 Å². The summed E-state index contributed by atoms with van der Waals surface area (Å²) in [6.07, 6.45) is 6.31. The first-order valence-electron chi connectivity index (χ1n) is 10.0. The molecular weight excluding hydrogens is 354 g/mol. The fourth-order valence-corrected chi connectivity index (χ4v) is 4.48. The van der Waals surface area contributed by atoms with Gasteiger partial charge in [-0.05, 0) is 39.2 Å². The van der Waals surface area contributed by atoms with Crippen molar-refractivity contribution >= 4 is 6.09 Å². The molecule has 0 aliphatic carbocycles. The van der Waals surface area contributed by atoms with Crippen LogP contribution in [0.5, 0.6) is 0 Å². The van der Waals surface area contributed by atoms with Crippen LogP contribution < -0.4 is 0 Å². The normalized spacial score (nSPS) is 27.1. The Kier molecular flexibility index (Phi) is 4.70. The predicted molar refractivity (Wildman–Crippen MR) is 106 cm³/mol. The number of nitrogens with zero attached hydrogens (tertiary/aromatic N) is 3. The highest BCUT2D eigenvalue weighted by Crippen LogP contribution is 2.46. The number of rotatable bonds is 3. The molecule has 0 spiro atoms. The Morgan fingerprint density at radius 3 is 2.43 bits per heavy atom. The van der Waals surface area contributed by atoms with E-state index in [0.29, 0.717) is 12.8 Å². The molecule has 2 bridgehead atoms. The number of aromatic nitrogens is 2. The number of fused-ring (bicyclic) bond motifs is 2. The van der Waals surface area contributed by atoms with Gasteiger partial charge in [0, 0.05) is 36.7 Å². The second-order valence-electron chi connectivity index (χ2n) is 9.12. The summed E-state index contributed by atoms with van der Waals surface area (Å²) in [5, 5.41) is 15.8. The minimum absolute atomic E-state index is 0.00464. The minimum atomic E-state index is -0.939. The number of ether oxygens (including phenoxy) is 1. The van der Waals surface area contributed by atoms with Crippen molar-refractivity contribution in [1.29, 1.82) is 0 Å². The SMILES string of the molecule is CC(C)(C)n1cc(C2(O)CC3CCC(C2)N3C(=O)OCc2ccccc2)cn1. The van der Waals surface area contributed by atoms with E-state index in [2.05, 4.69) is 25.9 Å². The van der Waals surface area contributed by atoms with E-state index in [1.165, 1.54) is 0 Å². The van der Waals surface area contributed by atoms with E-state index in [0.717, 1.165) is 24.0 Å². The fraction of sp³-hybridized carbons (Fsp3) is 0.545. The molecule has 0 radical (unpaired) electrons. The average Bonchev–Trinajstić information content (AvgIpc) is 3.25. The van der Waals surface area contributed by atoms with Crippen LogP contribution in [0.2, 0.25) is 0 Å². The zero-order chi connectivity index (χ0) is 19.9. The predicted octanol–water partition coefficient (Wildman–Crippen LogP) is 3.79. The summed E-state index contributed by atoms with van der Waals surface area (Å²) in [5.74, 6) is 0. The lowest BCUT2D eigenvalue weighted by Crippen LogP contribution is -2.52. The quantitative estimate of drug-likeness (QED) is 0.876. The van der Waals surface area contributed by atoms with Gasteiger partial charge in [-0.15, -0.1) is 0 Å². The van der Waals surface area contributed by atoms with Crippen molar-refractivity contribution in [3.63, 3.8) is 0 Å². The minimum Gasteiger partial charge on any atom is -0.445 e. The lowest BCUT2D eigenvalue weighted by atomic mass is 9.82. The maximum absolute atomic E-state index is 12.7. The Morgan fingerprint density at radius 2 is 1.86 bits per heavy atom. The summed E-state index contributed by atoms with van der Waals surface area (Å²) in [6, 6.07) is 9.72. The number of amides is 1. The van der Waals surface area contributed by atoms with E-state index in [-0.39, 0.29) is 30.3 Å². The molecule has 3 heterocycles. The van der Waals surface area contributed by atoms with Crippen molar-refractivity contribution in [2.45, 2.75) is 76.3 Å². The van der Waals surface area contributed by atoms with E-state index in [1.807, 2.05) is 46.1 Å². The van der Waals surface area contributed by atoms with Crippen molar-refractivity contribution in [2.75, 3.05) is 0 Å². The van der Waals surface area contributed by atoms with Crippen molar-refractivity contribution in [3.8, 4) is 0 Å². The third-order valence-corrected chi connectivity index (χ3v) is 5.99. The van der Waals surface area contributed by atoms with E-state index in [4.69, 9.17) is 4.74 Å². The summed E-state index contributed by atoms with van der Waals surface area (Å²) in [6.45, 7) is 6.53. The van der Waals surface area contributed by atoms with Gasteiger partial charge in [-0.1, -0.05) is 30.3 Å². The van der Waals surface area contributed by atoms with Crippen LogP contribution >= 0.6 is 0 Å². The van der Waals surface area contributed by atoms with Crippen LogP contribution in [0.25, 0.3) is 0 Å². The maximum atomic E-state index is 12.7. The van der Waals surface area contributed by atoms with Crippen LogP contribution in [0.15, 0.2) is 42.7 Å². The Morgan fingerprint density at radius 1 is 1.21 bits per heavy atom. The van der Waals surface area contributed by atoms with Gasteiger partial charge >= 0.3 is 6.09 Å². The van der Waals surface area contributed by atoms with Crippen LogP contribution in [-0.2, 0) is 22.5 Å². The molecule has 1 aromatic carbocycles. The van der Waals surface area contributed by atoms with Gasteiger partial charge in [-0.2, -0.15) is 5.10 Å². The molecule has 1 aromatic heterocycles. The molecule has 2 unspecified atom stereocenters. The summed E-state index contributed by atoms with van der Waals surface area (Å²) in [5.41, 5.74) is 0.754. The van der Waals surface area contributed by atoms with Crippen molar-refractivity contribution in [2.24, 2.45) is 0 Å². The second-order valence-corrected chi connectivity index (χ2v) is 9.12. The number of carbonyl (C=O) groups is 1. The third-order valence-electron chi connectivity index (χ3n) is 5.99. The number of benzene rings is 1. The van der Waals surface area contributed by atoms with Crippen molar-refractivity contribution in [3.05, 3.63) is 53.9 Å². The maximum Gasteiger partial charge on any atom is 0.410 e. The van der Waals surface area contributed by atoms with Crippen molar-refractivity contribution < 1.29 is 14.6 Å². The van der Waals surface area contributed by atoms with Gasteiger partial charge in [-0.3, -0.25) is 4.68 Å². The Hall–Kier alpha value is -2.34. The summed E-state index contributed by atoms with van der Waals surface area (Å²) in [7, 11) is 0. The lowest BCUT2D eigenvalue weighted by Gasteiger charge is -2.42. The van der Waals surface area contributed by atoms with E-state index in [9.17, 15) is 9.90 Å². The number of hydrogen-bond acceptors (Lipinski definition) is 4. The number of carbonyl (C=O) groups excluding carboxylic acids is 1. The van der Waals surface area contributed by atoms with Gasteiger partial charge < -0.3 is 14.7 Å². The van der Waals surface area contributed by atoms with Crippen LogP contribution in [-0.4, -0.2) is 38.0 Å². The lowest BCUT2D eigenvalue weighted by molar-refractivity contribution is -0.0537. The zero-order valence-corrected chi connectivity index (χ0v) is 16.8. The van der Waals surface area contributed by atoms with E-state index >= 15 is 0 Å². The van der Waals surface area contributed by atoms with Crippen LogP contribution in [0.3, 0.4) is 0 Å². The smallest absolute Gasteiger partial charge is 0.410 e. The molecule has 2 saturated heterocycles. The topological polar surface area (TPSA) is 67.6 Å². The molecule has 1 N–H and O–H groups in total. The molecule has 2 aromatic rings. The number of hydrogen-bond donors (Lipinski definition) is 1. The van der Waals surface area contributed by atoms with Crippen LogP contribution in [0.4, 0.5) is 4.79 Å². The molecule has 0 saturated carbocycles. The molecule has 2 atom stereocenters. The van der Waals surface area contributed by atoms with Gasteiger partial charge in [0.25, 0.3) is 0 Å². The van der Waals surface area contributed by atoms with E-state index < -0.39 is 5.60 Å². The first-order chi connectivity index (χ1) is 13.3. The molecule has 2 aliphatic rings. The zero-order valence-electron chi connectivity index (χ0n) is 16.8. The monoisotopic (exact) mass is 383 g/mol. The van der Waals surface area contributed by atoms with Gasteiger partial charge in [0.15, 0.2) is 0 Å². The highest BCUT2D eigenvalue weighted by atomic mass is 16.6. The van der Waals surface area contributed by atoms with Gasteiger partial charge in [0.1, 0.15) is 6.61 Å². The second kappa shape index (κ2) is 6.92. The fourth-order valence-electron chi connectivity index (χ4n) is 4.48. The number of aliphatic hydroxyl groups is 1. The highest BCUT2D eigenvalue weighted by molar-refractivity contribution is 5.69. The molecule has 150 valence electrons. The first-order valence-corrected chi connectivity index (χ1v) is 10.0. The summed E-state index contributed by atoms with van der Waals surface area (Å²) >= 11 is 0. The Labute approximate surface area is 166 Å². The molecule has 28 heavy (non-hydrogen) atoms. The molecule has 2 aliphatic heterocycles. The van der Waals surface area contributed by atoms with Gasteiger partial charge in [-0.25, -0.2) is 4.79 Å². The first kappa shape index (κ1) is 19.0.